The number of likely N-dealkylation sites (tertiary alicyclic amines) is 1. The molecule has 8 heteroatoms. The largest absolute Gasteiger partial charge is 0.367 e. The molecule has 1 aromatic heterocycles. The first-order valence-corrected chi connectivity index (χ1v) is 12.5. The SMILES string of the molecule is Cc1nc(N2CCCC2)nc(NC2CCN(C3CCS(=O)(=O)CC3)CC2)c1C. The molecule has 0 amide bonds. The normalized spacial score (nSPS) is 24.6. The Balaban J connectivity index is 1.36. The molecule has 4 rings (SSSR count). The van der Waals surface area contributed by atoms with E-state index < -0.39 is 9.84 Å². The quantitative estimate of drug-likeness (QED) is 0.819. The molecule has 0 saturated carbocycles. The Morgan fingerprint density at radius 3 is 2.21 bits per heavy atom. The summed E-state index contributed by atoms with van der Waals surface area (Å²) in [6.07, 6.45) is 6.18. The minimum atomic E-state index is -2.78. The van der Waals surface area contributed by atoms with Crippen molar-refractivity contribution in [3.05, 3.63) is 11.3 Å². The van der Waals surface area contributed by atoms with E-state index in [0.717, 1.165) is 74.9 Å². The molecule has 0 bridgehead atoms. The molecule has 0 atom stereocenters. The van der Waals surface area contributed by atoms with Gasteiger partial charge in [0.15, 0.2) is 0 Å². The number of rotatable bonds is 4. The molecule has 28 heavy (non-hydrogen) atoms. The zero-order chi connectivity index (χ0) is 19.7. The number of aromatic nitrogens is 2. The van der Waals surface area contributed by atoms with Gasteiger partial charge >= 0.3 is 0 Å². The molecule has 7 nitrogen and oxygen atoms in total. The second-order valence-corrected chi connectivity index (χ2v) is 10.9. The van der Waals surface area contributed by atoms with Crippen molar-refractivity contribution in [2.75, 3.05) is 47.9 Å². The second-order valence-electron chi connectivity index (χ2n) is 8.61. The van der Waals surface area contributed by atoms with E-state index in [1.807, 2.05) is 0 Å². The predicted octanol–water partition coefficient (Wildman–Crippen LogP) is 2.15. The first kappa shape index (κ1) is 19.9. The molecule has 0 unspecified atom stereocenters. The highest BCUT2D eigenvalue weighted by molar-refractivity contribution is 7.91. The lowest BCUT2D eigenvalue weighted by atomic mass is 10.0. The van der Waals surface area contributed by atoms with E-state index in [1.165, 1.54) is 12.8 Å². The van der Waals surface area contributed by atoms with E-state index in [0.29, 0.717) is 23.6 Å². The van der Waals surface area contributed by atoms with Gasteiger partial charge in [-0.25, -0.2) is 13.4 Å². The first-order chi connectivity index (χ1) is 13.4. The minimum absolute atomic E-state index is 0.356. The summed E-state index contributed by atoms with van der Waals surface area (Å²) in [5.74, 6) is 2.56. The number of hydrogen-bond donors (Lipinski definition) is 1. The van der Waals surface area contributed by atoms with Gasteiger partial charge in [-0.1, -0.05) is 0 Å². The molecule has 4 heterocycles. The molecule has 3 saturated heterocycles. The molecule has 0 spiro atoms. The van der Waals surface area contributed by atoms with Crippen LogP contribution in [-0.2, 0) is 9.84 Å². The van der Waals surface area contributed by atoms with Crippen LogP contribution in [-0.4, -0.2) is 73.1 Å². The van der Waals surface area contributed by atoms with Crippen LogP contribution < -0.4 is 10.2 Å². The average molecular weight is 408 g/mol. The van der Waals surface area contributed by atoms with Crippen LogP contribution in [0.25, 0.3) is 0 Å². The lowest BCUT2D eigenvalue weighted by molar-refractivity contribution is 0.147. The number of anilines is 2. The van der Waals surface area contributed by atoms with Crippen LogP contribution in [0.1, 0.15) is 49.8 Å². The van der Waals surface area contributed by atoms with Gasteiger partial charge in [-0.05, 0) is 52.4 Å². The number of hydrogen-bond acceptors (Lipinski definition) is 7. The summed E-state index contributed by atoms with van der Waals surface area (Å²) in [6, 6.07) is 0.859. The second kappa shape index (κ2) is 8.14. The van der Waals surface area contributed by atoms with Crippen molar-refractivity contribution in [1.82, 2.24) is 14.9 Å². The van der Waals surface area contributed by atoms with Crippen LogP contribution in [0.4, 0.5) is 11.8 Å². The maximum Gasteiger partial charge on any atom is 0.227 e. The maximum absolute atomic E-state index is 11.7. The monoisotopic (exact) mass is 407 g/mol. The fraction of sp³-hybridized carbons (Fsp3) is 0.800. The lowest BCUT2D eigenvalue weighted by Gasteiger charge is -2.39. The minimum Gasteiger partial charge on any atom is -0.367 e. The smallest absolute Gasteiger partial charge is 0.227 e. The van der Waals surface area contributed by atoms with E-state index in [4.69, 9.17) is 9.97 Å². The van der Waals surface area contributed by atoms with Crippen LogP contribution in [0.5, 0.6) is 0 Å². The summed E-state index contributed by atoms with van der Waals surface area (Å²) >= 11 is 0. The summed E-state index contributed by atoms with van der Waals surface area (Å²) in [6.45, 7) is 8.34. The summed E-state index contributed by atoms with van der Waals surface area (Å²) in [4.78, 5) is 14.4. The van der Waals surface area contributed by atoms with Gasteiger partial charge in [0.05, 0.1) is 11.5 Å². The van der Waals surface area contributed by atoms with E-state index in [-0.39, 0.29) is 0 Å². The van der Waals surface area contributed by atoms with Gasteiger partial charge in [0.1, 0.15) is 15.7 Å². The molecular weight excluding hydrogens is 374 g/mol. The highest BCUT2D eigenvalue weighted by atomic mass is 32.2. The Hall–Kier alpha value is -1.41. The van der Waals surface area contributed by atoms with Gasteiger partial charge < -0.3 is 15.1 Å². The predicted molar refractivity (Wildman–Crippen MR) is 113 cm³/mol. The summed E-state index contributed by atoms with van der Waals surface area (Å²) in [5, 5.41) is 3.69. The molecule has 1 N–H and O–H groups in total. The van der Waals surface area contributed by atoms with Gasteiger partial charge in [0.25, 0.3) is 0 Å². The topological polar surface area (TPSA) is 78.4 Å². The fourth-order valence-electron chi connectivity index (χ4n) is 4.66. The molecule has 3 aliphatic rings. The van der Waals surface area contributed by atoms with Crippen LogP contribution in [0.3, 0.4) is 0 Å². The average Bonchev–Trinajstić information content (AvgIpc) is 3.21. The summed E-state index contributed by atoms with van der Waals surface area (Å²) in [5.41, 5.74) is 2.20. The maximum atomic E-state index is 11.7. The third-order valence-corrected chi connectivity index (χ3v) is 8.39. The number of nitrogens with one attached hydrogen (secondary N) is 1. The molecule has 0 aliphatic carbocycles. The van der Waals surface area contributed by atoms with Crippen molar-refractivity contribution in [2.24, 2.45) is 0 Å². The number of piperidine rings is 1. The van der Waals surface area contributed by atoms with E-state index in [9.17, 15) is 8.42 Å². The van der Waals surface area contributed by atoms with Crippen molar-refractivity contribution in [3.63, 3.8) is 0 Å². The molecule has 3 aliphatic heterocycles. The van der Waals surface area contributed by atoms with Gasteiger partial charge in [-0.15, -0.1) is 0 Å². The highest BCUT2D eigenvalue weighted by Crippen LogP contribution is 2.26. The molecule has 0 aromatic carbocycles. The molecule has 3 fully saturated rings. The number of aryl methyl sites for hydroxylation is 1. The molecule has 156 valence electrons. The van der Waals surface area contributed by atoms with Gasteiger partial charge in [-0.2, -0.15) is 4.98 Å². The van der Waals surface area contributed by atoms with Gasteiger partial charge in [-0.3, -0.25) is 0 Å². The van der Waals surface area contributed by atoms with Crippen LogP contribution in [0, 0.1) is 13.8 Å². The zero-order valence-corrected chi connectivity index (χ0v) is 18.0. The van der Waals surface area contributed by atoms with E-state index in [2.05, 4.69) is 29.0 Å². The third kappa shape index (κ3) is 4.43. The summed E-state index contributed by atoms with van der Waals surface area (Å²) in [7, 11) is -2.78. The molecule has 1 aromatic rings. The Bertz CT molecular complexity index is 785. The van der Waals surface area contributed by atoms with Crippen molar-refractivity contribution >= 4 is 21.6 Å². The zero-order valence-electron chi connectivity index (χ0n) is 17.2. The van der Waals surface area contributed by atoms with Gasteiger partial charge in [0.2, 0.25) is 5.95 Å². The van der Waals surface area contributed by atoms with Crippen LogP contribution in [0.15, 0.2) is 0 Å². The highest BCUT2D eigenvalue weighted by Gasteiger charge is 2.30. The summed E-state index contributed by atoms with van der Waals surface area (Å²) < 4.78 is 23.3. The lowest BCUT2D eigenvalue weighted by Crippen LogP contribution is -2.47. The van der Waals surface area contributed by atoms with Crippen molar-refractivity contribution < 1.29 is 8.42 Å². The van der Waals surface area contributed by atoms with Crippen molar-refractivity contribution in [1.29, 1.82) is 0 Å². The standard InChI is InChI=1S/C20H33N5O2S/c1-15-16(2)21-20(25-9-3-4-10-25)23-19(15)22-17-5-11-24(12-6-17)18-7-13-28(26,27)14-8-18/h17-18H,3-14H2,1-2H3,(H,21,22,23). The number of nitrogens with zero attached hydrogens (tertiary/aromatic N) is 4. The fourth-order valence-corrected chi connectivity index (χ4v) is 6.12. The Labute approximate surface area is 168 Å². The van der Waals surface area contributed by atoms with Crippen LogP contribution >= 0.6 is 0 Å². The Kier molecular flexibility index (Phi) is 5.78. The van der Waals surface area contributed by atoms with Crippen molar-refractivity contribution in [2.45, 2.75) is 64.5 Å². The Morgan fingerprint density at radius 2 is 1.57 bits per heavy atom. The Morgan fingerprint density at radius 1 is 0.929 bits per heavy atom. The van der Waals surface area contributed by atoms with Crippen molar-refractivity contribution in [3.8, 4) is 0 Å². The van der Waals surface area contributed by atoms with Crippen LogP contribution in [0.2, 0.25) is 0 Å². The van der Waals surface area contributed by atoms with E-state index >= 15 is 0 Å². The van der Waals surface area contributed by atoms with Gasteiger partial charge in [0, 0.05) is 49.5 Å². The first-order valence-electron chi connectivity index (χ1n) is 10.7. The third-order valence-electron chi connectivity index (χ3n) is 6.68. The molecule has 0 radical (unpaired) electrons. The number of sulfone groups is 1. The van der Waals surface area contributed by atoms with E-state index in [1.54, 1.807) is 0 Å². The molecular formula is C20H33N5O2S.